The number of aromatic amines is 1. The second-order valence-electron chi connectivity index (χ2n) is 4.59. The molecule has 0 saturated heterocycles. The number of pyridine rings is 1. The predicted octanol–water partition coefficient (Wildman–Crippen LogP) is 1.57. The predicted molar refractivity (Wildman–Crippen MR) is 95.1 cm³/mol. The molecule has 3 aromatic rings. The third-order valence-electron chi connectivity index (χ3n) is 2.88. The van der Waals surface area contributed by atoms with E-state index in [0.29, 0.717) is 11.4 Å². The monoisotopic (exact) mass is 393 g/mol. The summed E-state index contributed by atoms with van der Waals surface area (Å²) in [6.45, 7) is 0.00629. The molecule has 3 aromatic heterocycles. The summed E-state index contributed by atoms with van der Waals surface area (Å²) < 4.78 is 0. The van der Waals surface area contributed by atoms with Crippen LogP contribution in [0.25, 0.3) is 10.7 Å². The lowest BCUT2D eigenvalue weighted by molar-refractivity contribution is -0.122. The minimum Gasteiger partial charge on any atom is -0.483 e. The van der Waals surface area contributed by atoms with Gasteiger partial charge in [0, 0.05) is 24.0 Å². The molecule has 0 unspecified atom stereocenters. The van der Waals surface area contributed by atoms with Gasteiger partial charge in [0.05, 0.1) is 24.0 Å². The zero-order valence-corrected chi connectivity index (χ0v) is 14.6. The first-order chi connectivity index (χ1) is 12.5. The molecule has 9 nitrogen and oxygen atoms in total. The molecule has 0 spiro atoms. The summed E-state index contributed by atoms with van der Waals surface area (Å²) in [6, 6.07) is 1.32. The van der Waals surface area contributed by atoms with Crippen LogP contribution in [0, 0.1) is 0 Å². The number of amides is 1. The standard InChI is InChI=1S/C14H10ClN5O2S.CH2O2/c15-10-3-8(4-18-13(10)22)12(21)19-5-9-7-23-14(20-9)11-6-16-1-2-17-11;2-1-3/h1-4,6-7H,5H2,(H,18,22)(H,19,21);1H,(H,2,3). The number of carboxylic acid groups (broad SMARTS) is 1. The van der Waals surface area contributed by atoms with Crippen LogP contribution >= 0.6 is 22.9 Å². The second kappa shape index (κ2) is 9.39. The maximum absolute atomic E-state index is 12.0. The Morgan fingerprint density at radius 1 is 1.42 bits per heavy atom. The van der Waals surface area contributed by atoms with Crippen molar-refractivity contribution in [1.29, 1.82) is 0 Å². The van der Waals surface area contributed by atoms with Gasteiger partial charge in [-0.2, -0.15) is 0 Å². The number of nitrogens with one attached hydrogen (secondary N) is 2. The van der Waals surface area contributed by atoms with Crippen molar-refractivity contribution in [1.82, 2.24) is 25.3 Å². The maximum Gasteiger partial charge on any atom is 0.290 e. The summed E-state index contributed by atoms with van der Waals surface area (Å²) in [4.78, 5) is 46.5. The van der Waals surface area contributed by atoms with Crippen LogP contribution in [0.5, 0.6) is 0 Å². The highest BCUT2D eigenvalue weighted by Crippen LogP contribution is 2.20. The number of hydrogen-bond acceptors (Lipinski definition) is 7. The van der Waals surface area contributed by atoms with E-state index in [0.717, 1.165) is 5.01 Å². The summed E-state index contributed by atoms with van der Waals surface area (Å²) in [5, 5.41) is 12.1. The highest BCUT2D eigenvalue weighted by atomic mass is 35.5. The average Bonchev–Trinajstić information content (AvgIpc) is 3.12. The van der Waals surface area contributed by atoms with E-state index < -0.39 is 5.56 Å². The van der Waals surface area contributed by atoms with E-state index in [-0.39, 0.29) is 29.5 Å². The Morgan fingerprint density at radius 2 is 2.19 bits per heavy atom. The van der Waals surface area contributed by atoms with Crippen molar-refractivity contribution >= 4 is 35.3 Å². The molecule has 26 heavy (non-hydrogen) atoms. The van der Waals surface area contributed by atoms with Gasteiger partial charge >= 0.3 is 0 Å². The van der Waals surface area contributed by atoms with Gasteiger partial charge in [-0.1, -0.05) is 11.6 Å². The number of aromatic nitrogens is 4. The third kappa shape index (κ3) is 5.19. The van der Waals surface area contributed by atoms with Crippen LogP contribution in [-0.4, -0.2) is 37.4 Å². The highest BCUT2D eigenvalue weighted by molar-refractivity contribution is 7.13. The summed E-state index contributed by atoms with van der Waals surface area (Å²) >= 11 is 7.12. The fraction of sp³-hybridized carbons (Fsp3) is 0.0667. The van der Waals surface area contributed by atoms with Crippen molar-refractivity contribution in [3.8, 4) is 10.7 Å². The largest absolute Gasteiger partial charge is 0.483 e. The van der Waals surface area contributed by atoms with Crippen LogP contribution in [0.1, 0.15) is 16.1 Å². The Labute approximate surface area is 155 Å². The van der Waals surface area contributed by atoms with E-state index >= 15 is 0 Å². The highest BCUT2D eigenvalue weighted by Gasteiger charge is 2.10. The van der Waals surface area contributed by atoms with E-state index in [9.17, 15) is 9.59 Å². The zero-order chi connectivity index (χ0) is 18.9. The average molecular weight is 394 g/mol. The topological polar surface area (TPSA) is 138 Å². The lowest BCUT2D eigenvalue weighted by Crippen LogP contribution is -2.24. The van der Waals surface area contributed by atoms with Crippen LogP contribution in [0.15, 0.2) is 41.0 Å². The van der Waals surface area contributed by atoms with Gasteiger partial charge in [-0.3, -0.25) is 24.4 Å². The van der Waals surface area contributed by atoms with E-state index in [4.69, 9.17) is 21.5 Å². The van der Waals surface area contributed by atoms with Crippen LogP contribution in [0.4, 0.5) is 0 Å². The van der Waals surface area contributed by atoms with Crippen LogP contribution in [-0.2, 0) is 11.3 Å². The SMILES string of the molecule is O=C(NCc1csc(-c2cnccn2)n1)c1c[nH]c(=O)c(Cl)c1.O=CO. The first kappa shape index (κ1) is 19.2. The molecule has 0 atom stereocenters. The van der Waals surface area contributed by atoms with Crippen LogP contribution in [0.2, 0.25) is 5.02 Å². The second-order valence-corrected chi connectivity index (χ2v) is 5.85. The molecule has 0 aromatic carbocycles. The third-order valence-corrected chi connectivity index (χ3v) is 4.08. The van der Waals surface area contributed by atoms with E-state index in [2.05, 4.69) is 25.3 Å². The smallest absolute Gasteiger partial charge is 0.290 e. The Hall–Kier alpha value is -3.11. The van der Waals surface area contributed by atoms with Gasteiger partial charge < -0.3 is 15.4 Å². The number of carbonyl (C=O) groups excluding carboxylic acids is 1. The number of rotatable bonds is 4. The van der Waals surface area contributed by atoms with Gasteiger partial charge in [-0.15, -0.1) is 11.3 Å². The number of halogens is 1. The molecule has 0 bridgehead atoms. The molecule has 134 valence electrons. The number of H-pyrrole nitrogens is 1. The van der Waals surface area contributed by atoms with E-state index in [1.54, 1.807) is 18.6 Å². The maximum atomic E-state index is 12.0. The van der Waals surface area contributed by atoms with Gasteiger partial charge in [0.25, 0.3) is 17.9 Å². The van der Waals surface area contributed by atoms with E-state index in [1.165, 1.54) is 23.6 Å². The Morgan fingerprint density at radius 3 is 2.85 bits per heavy atom. The van der Waals surface area contributed by atoms with Crippen molar-refractivity contribution in [3.05, 3.63) is 62.9 Å². The number of nitrogens with zero attached hydrogens (tertiary/aromatic N) is 3. The molecular formula is C15H12ClN5O4S. The van der Waals surface area contributed by atoms with Crippen molar-refractivity contribution in [2.45, 2.75) is 6.54 Å². The van der Waals surface area contributed by atoms with Gasteiger partial charge in [0.2, 0.25) is 0 Å². The number of carbonyl (C=O) groups is 2. The van der Waals surface area contributed by atoms with Gasteiger partial charge in [-0.05, 0) is 6.07 Å². The quantitative estimate of drug-likeness (QED) is 0.572. The van der Waals surface area contributed by atoms with Gasteiger partial charge in [0.1, 0.15) is 15.7 Å². The zero-order valence-electron chi connectivity index (χ0n) is 13.0. The molecule has 0 radical (unpaired) electrons. The Balaban J connectivity index is 0.000000758. The van der Waals surface area contributed by atoms with Crippen molar-refractivity contribution in [2.24, 2.45) is 0 Å². The first-order valence-electron chi connectivity index (χ1n) is 7.00. The van der Waals surface area contributed by atoms with Gasteiger partial charge in [-0.25, -0.2) is 4.98 Å². The lowest BCUT2D eigenvalue weighted by Gasteiger charge is -2.03. The molecule has 3 heterocycles. The van der Waals surface area contributed by atoms with Crippen LogP contribution < -0.4 is 10.9 Å². The molecule has 11 heteroatoms. The number of hydrogen-bond donors (Lipinski definition) is 3. The Bertz CT molecular complexity index is 944. The molecular weight excluding hydrogens is 382 g/mol. The molecule has 0 aliphatic rings. The fourth-order valence-corrected chi connectivity index (χ4v) is 2.73. The van der Waals surface area contributed by atoms with Crippen molar-refractivity contribution in [2.75, 3.05) is 0 Å². The fourth-order valence-electron chi connectivity index (χ4n) is 1.78. The van der Waals surface area contributed by atoms with Gasteiger partial charge in [0.15, 0.2) is 0 Å². The van der Waals surface area contributed by atoms with E-state index in [1.807, 2.05) is 5.38 Å². The molecule has 0 aliphatic carbocycles. The normalized spacial score (nSPS) is 9.73. The number of thiazole rings is 1. The molecule has 0 saturated carbocycles. The van der Waals surface area contributed by atoms with Crippen molar-refractivity contribution < 1.29 is 14.7 Å². The minimum atomic E-state index is -0.434. The molecule has 1 amide bonds. The minimum absolute atomic E-state index is 0.0313. The summed E-state index contributed by atoms with van der Waals surface area (Å²) in [5.41, 5.74) is 1.23. The molecule has 3 N–H and O–H groups in total. The molecule has 3 rings (SSSR count). The Kier molecular flexibility index (Phi) is 6.94. The molecule has 0 fully saturated rings. The lowest BCUT2D eigenvalue weighted by atomic mass is 10.2. The summed E-state index contributed by atoms with van der Waals surface area (Å²) in [5.74, 6) is -0.350. The first-order valence-corrected chi connectivity index (χ1v) is 8.26. The summed E-state index contributed by atoms with van der Waals surface area (Å²) in [6.07, 6.45) is 6.13. The molecule has 0 aliphatic heterocycles. The van der Waals surface area contributed by atoms with Crippen LogP contribution in [0.3, 0.4) is 0 Å². The summed E-state index contributed by atoms with van der Waals surface area (Å²) in [7, 11) is 0. The van der Waals surface area contributed by atoms with Crippen molar-refractivity contribution in [3.63, 3.8) is 0 Å².